The summed E-state index contributed by atoms with van der Waals surface area (Å²) in [6.45, 7) is 0.325. The predicted molar refractivity (Wildman–Crippen MR) is 132 cm³/mol. The van der Waals surface area contributed by atoms with Crippen molar-refractivity contribution in [1.29, 1.82) is 0 Å². The fourth-order valence-electron chi connectivity index (χ4n) is 3.91. The van der Waals surface area contributed by atoms with Crippen LogP contribution >= 0.6 is 11.3 Å². The summed E-state index contributed by atoms with van der Waals surface area (Å²) in [6.07, 6.45) is -1.43. The number of hydrogen-bond acceptors (Lipinski definition) is 8. The predicted octanol–water partition coefficient (Wildman–Crippen LogP) is 1.90. The summed E-state index contributed by atoms with van der Waals surface area (Å²) in [4.78, 5) is 38.2. The Hall–Kier alpha value is -3.65. The van der Waals surface area contributed by atoms with E-state index in [-0.39, 0.29) is 35.1 Å². The molecule has 1 aliphatic rings. The molecule has 188 valence electrons. The van der Waals surface area contributed by atoms with E-state index in [9.17, 15) is 28.1 Å². The Morgan fingerprint density at radius 3 is 2.44 bits per heavy atom. The first-order valence-electron chi connectivity index (χ1n) is 10.9. The zero-order chi connectivity index (χ0) is 25.9. The van der Waals surface area contributed by atoms with Gasteiger partial charge in [0.25, 0.3) is 27.5 Å². The molecule has 3 aromatic rings. The van der Waals surface area contributed by atoms with Crippen LogP contribution in [0.4, 0.5) is 5.69 Å². The molecule has 3 N–H and O–H groups in total. The highest BCUT2D eigenvalue weighted by Gasteiger charge is 2.46. The number of nitro benzene ring substituents is 1. The van der Waals surface area contributed by atoms with Gasteiger partial charge in [0.15, 0.2) is 6.17 Å². The topological polar surface area (TPSA) is 156 Å². The maximum atomic E-state index is 13.4. The van der Waals surface area contributed by atoms with Crippen LogP contribution in [0.15, 0.2) is 70.3 Å². The SMILES string of the molecule is NCc1cccc(CNC(=O)C2N(C(=O)c3ccc([N+](=O)[O-])cc3)CCN2S(=O)(=O)c2cccs2)c1. The highest BCUT2D eigenvalue weighted by Crippen LogP contribution is 2.28. The van der Waals surface area contributed by atoms with Gasteiger partial charge in [0, 0.05) is 43.9 Å². The molecule has 2 heterocycles. The third-order valence-corrected chi connectivity index (χ3v) is 8.93. The van der Waals surface area contributed by atoms with Crippen LogP contribution in [-0.2, 0) is 27.9 Å². The molecule has 0 aliphatic carbocycles. The van der Waals surface area contributed by atoms with Crippen LogP contribution < -0.4 is 11.1 Å². The lowest BCUT2D eigenvalue weighted by Crippen LogP contribution is -2.53. The minimum atomic E-state index is -4.06. The molecule has 36 heavy (non-hydrogen) atoms. The second kappa shape index (κ2) is 10.5. The number of rotatable bonds is 8. The lowest BCUT2D eigenvalue weighted by Gasteiger charge is -2.28. The number of amides is 2. The molecule has 0 bridgehead atoms. The van der Waals surface area contributed by atoms with E-state index in [0.29, 0.717) is 6.54 Å². The summed E-state index contributed by atoms with van der Waals surface area (Å²) >= 11 is 1.01. The fourth-order valence-corrected chi connectivity index (χ4v) is 6.57. The Kier molecular flexibility index (Phi) is 7.45. The van der Waals surface area contributed by atoms with E-state index >= 15 is 0 Å². The van der Waals surface area contributed by atoms with Gasteiger partial charge in [0.1, 0.15) is 4.21 Å². The van der Waals surface area contributed by atoms with Gasteiger partial charge in [-0.3, -0.25) is 19.7 Å². The number of non-ortho nitro benzene ring substituents is 1. The highest BCUT2D eigenvalue weighted by molar-refractivity contribution is 7.91. The van der Waals surface area contributed by atoms with E-state index in [1.807, 2.05) is 12.1 Å². The number of nitrogens with two attached hydrogens (primary N) is 1. The second-order valence-electron chi connectivity index (χ2n) is 7.97. The van der Waals surface area contributed by atoms with Crippen molar-refractivity contribution in [3.8, 4) is 0 Å². The van der Waals surface area contributed by atoms with Gasteiger partial charge in [-0.15, -0.1) is 11.3 Å². The van der Waals surface area contributed by atoms with Crippen molar-refractivity contribution in [3.05, 3.63) is 92.8 Å². The van der Waals surface area contributed by atoms with Gasteiger partial charge in [-0.2, -0.15) is 4.31 Å². The Morgan fingerprint density at radius 1 is 1.08 bits per heavy atom. The summed E-state index contributed by atoms with van der Waals surface area (Å²) in [5.74, 6) is -1.28. The molecule has 1 fully saturated rings. The number of benzene rings is 2. The standard InChI is InChI=1S/C23H23N5O6S2/c24-14-16-3-1-4-17(13-16)15-25-21(29)22-26(23(30)18-6-8-19(9-7-18)28(31)32)10-11-27(22)36(33,34)20-5-2-12-35-20/h1-9,12-13,22H,10-11,14-15,24H2,(H,25,29). The summed E-state index contributed by atoms with van der Waals surface area (Å²) in [6, 6.07) is 15.2. The molecule has 0 saturated carbocycles. The Morgan fingerprint density at radius 2 is 1.81 bits per heavy atom. The molecule has 0 radical (unpaired) electrons. The monoisotopic (exact) mass is 529 g/mol. The van der Waals surface area contributed by atoms with Crippen LogP contribution in [0.3, 0.4) is 0 Å². The Balaban J connectivity index is 1.63. The van der Waals surface area contributed by atoms with Gasteiger partial charge in [0.05, 0.1) is 4.92 Å². The third kappa shape index (κ3) is 5.14. The average Bonchev–Trinajstić information content (AvgIpc) is 3.58. The number of sulfonamides is 1. The van der Waals surface area contributed by atoms with Crippen LogP contribution in [0.25, 0.3) is 0 Å². The zero-order valence-corrected chi connectivity index (χ0v) is 20.6. The van der Waals surface area contributed by atoms with Gasteiger partial charge < -0.3 is 16.0 Å². The van der Waals surface area contributed by atoms with Crippen molar-refractivity contribution in [2.75, 3.05) is 13.1 Å². The first kappa shape index (κ1) is 25.4. The molecule has 4 rings (SSSR count). The van der Waals surface area contributed by atoms with Gasteiger partial charge in [-0.25, -0.2) is 8.42 Å². The van der Waals surface area contributed by atoms with E-state index in [4.69, 9.17) is 5.73 Å². The van der Waals surface area contributed by atoms with Gasteiger partial charge in [-0.1, -0.05) is 30.3 Å². The molecule has 2 aromatic carbocycles. The van der Waals surface area contributed by atoms with Crippen molar-refractivity contribution in [3.63, 3.8) is 0 Å². The zero-order valence-electron chi connectivity index (χ0n) is 18.9. The Labute approximate surface area is 211 Å². The molecule has 11 nitrogen and oxygen atoms in total. The first-order valence-corrected chi connectivity index (χ1v) is 13.2. The summed E-state index contributed by atoms with van der Waals surface area (Å²) < 4.78 is 27.7. The maximum Gasteiger partial charge on any atom is 0.269 e. The average molecular weight is 530 g/mol. The van der Waals surface area contributed by atoms with Gasteiger partial charge in [-0.05, 0) is 34.7 Å². The van der Waals surface area contributed by atoms with E-state index < -0.39 is 32.9 Å². The summed E-state index contributed by atoms with van der Waals surface area (Å²) in [5, 5.41) is 15.3. The van der Waals surface area contributed by atoms with Crippen molar-refractivity contribution in [2.45, 2.75) is 23.5 Å². The molecular formula is C23H23N5O6S2. The van der Waals surface area contributed by atoms with Gasteiger partial charge >= 0.3 is 0 Å². The number of nitro groups is 1. The molecule has 1 atom stereocenters. The molecular weight excluding hydrogens is 506 g/mol. The minimum absolute atomic E-state index is 0.0266. The molecule has 13 heteroatoms. The molecule has 2 amide bonds. The number of nitrogens with zero attached hydrogens (tertiary/aromatic N) is 3. The smallest absolute Gasteiger partial charge is 0.269 e. The van der Waals surface area contributed by atoms with E-state index in [1.54, 1.807) is 23.6 Å². The largest absolute Gasteiger partial charge is 0.349 e. The van der Waals surface area contributed by atoms with E-state index in [0.717, 1.165) is 31.7 Å². The first-order chi connectivity index (χ1) is 17.2. The molecule has 1 aliphatic heterocycles. The fraction of sp³-hybridized carbons (Fsp3) is 0.217. The summed E-state index contributed by atoms with van der Waals surface area (Å²) in [5.41, 5.74) is 7.23. The molecule has 1 aromatic heterocycles. The Bertz CT molecular complexity index is 1380. The molecule has 1 unspecified atom stereocenters. The normalized spacial score (nSPS) is 16.1. The van der Waals surface area contributed by atoms with Crippen LogP contribution in [0, 0.1) is 10.1 Å². The highest BCUT2D eigenvalue weighted by atomic mass is 32.2. The van der Waals surface area contributed by atoms with Crippen molar-refractivity contribution < 1.29 is 22.9 Å². The molecule has 1 saturated heterocycles. The number of nitrogens with one attached hydrogen (secondary N) is 1. The minimum Gasteiger partial charge on any atom is -0.349 e. The lowest BCUT2D eigenvalue weighted by atomic mass is 10.1. The van der Waals surface area contributed by atoms with E-state index in [1.165, 1.54) is 30.3 Å². The van der Waals surface area contributed by atoms with Crippen molar-refractivity contribution in [2.24, 2.45) is 5.73 Å². The third-order valence-electron chi connectivity index (χ3n) is 5.70. The van der Waals surface area contributed by atoms with Gasteiger partial charge in [0.2, 0.25) is 0 Å². The second-order valence-corrected chi connectivity index (χ2v) is 11.0. The number of carbonyl (C=O) groups is 2. The van der Waals surface area contributed by atoms with Crippen molar-refractivity contribution in [1.82, 2.24) is 14.5 Å². The quantitative estimate of drug-likeness (QED) is 0.333. The van der Waals surface area contributed by atoms with Crippen LogP contribution in [0.5, 0.6) is 0 Å². The maximum absolute atomic E-state index is 13.4. The number of hydrogen-bond donors (Lipinski definition) is 2. The number of thiophene rings is 1. The van der Waals surface area contributed by atoms with Crippen molar-refractivity contribution >= 4 is 38.9 Å². The van der Waals surface area contributed by atoms with Crippen LogP contribution in [-0.4, -0.2) is 53.6 Å². The summed E-state index contributed by atoms with van der Waals surface area (Å²) in [7, 11) is -4.06. The lowest BCUT2D eigenvalue weighted by molar-refractivity contribution is -0.384. The van der Waals surface area contributed by atoms with Crippen LogP contribution in [0.2, 0.25) is 0 Å². The molecule has 0 spiro atoms. The van der Waals surface area contributed by atoms with E-state index in [2.05, 4.69) is 5.32 Å². The number of carbonyl (C=O) groups excluding carboxylic acids is 2. The van der Waals surface area contributed by atoms with Crippen LogP contribution in [0.1, 0.15) is 21.5 Å².